The smallest absolute Gasteiger partial charge is 0.175 e. The van der Waals surface area contributed by atoms with Crippen molar-refractivity contribution in [1.29, 1.82) is 0 Å². The fourth-order valence-electron chi connectivity index (χ4n) is 2.50. The van der Waals surface area contributed by atoms with Gasteiger partial charge in [0.1, 0.15) is 5.69 Å². The van der Waals surface area contributed by atoms with Crippen LogP contribution in [-0.4, -0.2) is 36.8 Å². The highest BCUT2D eigenvalue weighted by atomic mass is 32.2. The van der Waals surface area contributed by atoms with E-state index in [2.05, 4.69) is 15.0 Å². The van der Waals surface area contributed by atoms with Gasteiger partial charge in [-0.1, -0.05) is 23.4 Å². The molecule has 0 aliphatic rings. The van der Waals surface area contributed by atoms with Gasteiger partial charge in [-0.3, -0.25) is 9.88 Å². The zero-order valence-corrected chi connectivity index (χ0v) is 14.9. The molecule has 0 unspecified atom stereocenters. The maximum absolute atomic E-state index is 11.5. The van der Waals surface area contributed by atoms with E-state index < -0.39 is 9.84 Å². The molecule has 0 radical (unpaired) electrons. The molecular weight excluding hydrogens is 338 g/mol. The maximum Gasteiger partial charge on any atom is 0.175 e. The van der Waals surface area contributed by atoms with Crippen LogP contribution in [-0.2, 0) is 22.9 Å². The highest BCUT2D eigenvalue weighted by Crippen LogP contribution is 2.18. The van der Waals surface area contributed by atoms with Crippen LogP contribution in [0.4, 0.5) is 0 Å². The molecule has 3 aromatic rings. The molecule has 0 fully saturated rings. The molecule has 0 spiro atoms. The van der Waals surface area contributed by atoms with Crippen LogP contribution < -0.4 is 0 Å². The fraction of sp³-hybridized carbons (Fsp3) is 0.222. The monoisotopic (exact) mass is 357 g/mol. The second-order valence-electron chi connectivity index (χ2n) is 5.98. The van der Waals surface area contributed by atoms with Gasteiger partial charge in [0.15, 0.2) is 15.6 Å². The van der Waals surface area contributed by atoms with Crippen LogP contribution >= 0.6 is 0 Å². The average Bonchev–Trinajstić information content (AvgIpc) is 3.03. The summed E-state index contributed by atoms with van der Waals surface area (Å²) in [6.45, 7) is 1.26. The van der Waals surface area contributed by atoms with E-state index in [1.54, 1.807) is 18.3 Å². The number of benzene rings is 1. The van der Waals surface area contributed by atoms with Crippen molar-refractivity contribution in [2.75, 3.05) is 13.3 Å². The van der Waals surface area contributed by atoms with E-state index in [9.17, 15) is 8.42 Å². The summed E-state index contributed by atoms with van der Waals surface area (Å²) in [6.07, 6.45) is 2.92. The van der Waals surface area contributed by atoms with Crippen molar-refractivity contribution < 1.29 is 12.9 Å². The van der Waals surface area contributed by atoms with Crippen LogP contribution in [0.15, 0.2) is 64.1 Å². The zero-order chi connectivity index (χ0) is 17.9. The largest absolute Gasteiger partial charge is 0.359 e. The number of pyridine rings is 1. The lowest BCUT2D eigenvalue weighted by Crippen LogP contribution is -2.16. The second kappa shape index (κ2) is 7.16. The Labute approximate surface area is 147 Å². The molecule has 2 heterocycles. The van der Waals surface area contributed by atoms with Gasteiger partial charge in [-0.05, 0) is 36.9 Å². The third-order valence-corrected chi connectivity index (χ3v) is 4.84. The van der Waals surface area contributed by atoms with E-state index in [1.807, 2.05) is 43.4 Å². The summed E-state index contributed by atoms with van der Waals surface area (Å²) in [5, 5.41) is 4.05. The Bertz CT molecular complexity index is 935. The maximum atomic E-state index is 11.5. The SMILES string of the molecule is CN(Cc1ccc(S(C)(=O)=O)cc1)Cc1cc(-c2ccccn2)no1. The molecule has 25 heavy (non-hydrogen) atoms. The molecule has 130 valence electrons. The quantitative estimate of drug-likeness (QED) is 0.675. The van der Waals surface area contributed by atoms with Gasteiger partial charge in [-0.25, -0.2) is 8.42 Å². The third-order valence-electron chi connectivity index (χ3n) is 3.72. The highest BCUT2D eigenvalue weighted by molar-refractivity contribution is 7.90. The molecule has 0 saturated heterocycles. The molecule has 0 atom stereocenters. The van der Waals surface area contributed by atoms with Crippen molar-refractivity contribution in [2.45, 2.75) is 18.0 Å². The lowest BCUT2D eigenvalue weighted by molar-refractivity contribution is 0.267. The Hall–Kier alpha value is -2.51. The van der Waals surface area contributed by atoms with Crippen LogP contribution in [0, 0.1) is 0 Å². The minimum Gasteiger partial charge on any atom is -0.359 e. The number of nitrogens with zero attached hydrogens (tertiary/aromatic N) is 3. The summed E-state index contributed by atoms with van der Waals surface area (Å²) in [7, 11) is -1.20. The first-order valence-corrected chi connectivity index (χ1v) is 9.65. The standard InChI is InChI=1S/C18H19N3O3S/c1-21(12-14-6-8-16(9-7-14)25(2,22)23)13-15-11-18(20-24-15)17-5-3-4-10-19-17/h3-11H,12-13H2,1-2H3. The van der Waals surface area contributed by atoms with E-state index in [4.69, 9.17) is 4.52 Å². The number of hydrogen-bond donors (Lipinski definition) is 0. The van der Waals surface area contributed by atoms with E-state index in [0.717, 1.165) is 17.0 Å². The second-order valence-corrected chi connectivity index (χ2v) is 8.00. The summed E-state index contributed by atoms with van der Waals surface area (Å²) in [5.74, 6) is 0.746. The lowest BCUT2D eigenvalue weighted by atomic mass is 10.2. The summed E-state index contributed by atoms with van der Waals surface area (Å²) in [6, 6.07) is 14.4. The molecule has 0 bridgehead atoms. The van der Waals surface area contributed by atoms with Gasteiger partial charge >= 0.3 is 0 Å². The van der Waals surface area contributed by atoms with Crippen molar-refractivity contribution in [3.8, 4) is 11.4 Å². The molecule has 0 saturated carbocycles. The molecule has 0 N–H and O–H groups in total. The van der Waals surface area contributed by atoms with Gasteiger partial charge < -0.3 is 4.52 Å². The van der Waals surface area contributed by atoms with E-state index in [-0.39, 0.29) is 0 Å². The van der Waals surface area contributed by atoms with Crippen molar-refractivity contribution >= 4 is 9.84 Å². The van der Waals surface area contributed by atoms with E-state index in [0.29, 0.717) is 23.7 Å². The predicted molar refractivity (Wildman–Crippen MR) is 94.5 cm³/mol. The molecule has 3 rings (SSSR count). The molecule has 2 aromatic heterocycles. The van der Waals surface area contributed by atoms with Crippen LogP contribution in [0.5, 0.6) is 0 Å². The molecular formula is C18H19N3O3S. The molecule has 1 aromatic carbocycles. The Balaban J connectivity index is 1.63. The fourth-order valence-corrected chi connectivity index (χ4v) is 3.13. The summed E-state index contributed by atoms with van der Waals surface area (Å²) < 4.78 is 28.4. The van der Waals surface area contributed by atoms with Crippen molar-refractivity contribution in [2.24, 2.45) is 0 Å². The van der Waals surface area contributed by atoms with Gasteiger partial charge in [0.25, 0.3) is 0 Å². The number of sulfone groups is 1. The van der Waals surface area contributed by atoms with Crippen LogP contribution in [0.2, 0.25) is 0 Å². The first-order chi connectivity index (χ1) is 11.9. The third kappa shape index (κ3) is 4.52. The van der Waals surface area contributed by atoms with E-state index in [1.165, 1.54) is 6.26 Å². The minimum atomic E-state index is -3.16. The van der Waals surface area contributed by atoms with Gasteiger partial charge in [-0.2, -0.15) is 0 Å². The zero-order valence-electron chi connectivity index (χ0n) is 14.1. The highest BCUT2D eigenvalue weighted by Gasteiger charge is 2.11. The van der Waals surface area contributed by atoms with Crippen molar-refractivity contribution in [3.63, 3.8) is 0 Å². The number of aromatic nitrogens is 2. The normalized spacial score (nSPS) is 11.8. The first-order valence-electron chi connectivity index (χ1n) is 7.76. The Kier molecular flexibility index (Phi) is 4.96. The molecule has 0 amide bonds. The first kappa shape index (κ1) is 17.3. The average molecular weight is 357 g/mol. The molecule has 7 heteroatoms. The van der Waals surface area contributed by atoms with E-state index >= 15 is 0 Å². The van der Waals surface area contributed by atoms with Gasteiger partial charge in [0.2, 0.25) is 0 Å². The van der Waals surface area contributed by atoms with Gasteiger partial charge in [-0.15, -0.1) is 0 Å². The van der Waals surface area contributed by atoms with Crippen molar-refractivity contribution in [1.82, 2.24) is 15.0 Å². The Morgan fingerprint density at radius 2 is 1.80 bits per heavy atom. The van der Waals surface area contributed by atoms with Crippen LogP contribution in [0.3, 0.4) is 0 Å². The van der Waals surface area contributed by atoms with Crippen LogP contribution in [0.25, 0.3) is 11.4 Å². The lowest BCUT2D eigenvalue weighted by Gasteiger charge is -2.14. The van der Waals surface area contributed by atoms with Crippen molar-refractivity contribution in [3.05, 3.63) is 66.1 Å². The number of hydrogen-bond acceptors (Lipinski definition) is 6. The molecule has 0 aliphatic carbocycles. The summed E-state index contributed by atoms with van der Waals surface area (Å²) in [5.41, 5.74) is 2.51. The topological polar surface area (TPSA) is 76.3 Å². The summed E-state index contributed by atoms with van der Waals surface area (Å²) >= 11 is 0. The van der Waals surface area contributed by atoms with Crippen LogP contribution in [0.1, 0.15) is 11.3 Å². The Morgan fingerprint density at radius 1 is 1.04 bits per heavy atom. The van der Waals surface area contributed by atoms with Gasteiger partial charge in [0, 0.05) is 25.1 Å². The summed E-state index contributed by atoms with van der Waals surface area (Å²) in [4.78, 5) is 6.65. The Morgan fingerprint density at radius 3 is 2.44 bits per heavy atom. The number of rotatable bonds is 6. The predicted octanol–water partition coefficient (Wildman–Crippen LogP) is 2.77. The minimum absolute atomic E-state index is 0.328. The molecule has 6 nitrogen and oxygen atoms in total. The molecule has 0 aliphatic heterocycles. The van der Waals surface area contributed by atoms with Gasteiger partial charge in [0.05, 0.1) is 17.1 Å².